The predicted molar refractivity (Wildman–Crippen MR) is 110 cm³/mol. The number of carbonyl (C=O) groups excluding carboxylic acids is 2. The average molecular weight is 367 g/mol. The van der Waals surface area contributed by atoms with Crippen LogP contribution in [0.15, 0.2) is 48.5 Å². The van der Waals surface area contributed by atoms with Crippen molar-refractivity contribution < 1.29 is 9.59 Å². The highest BCUT2D eigenvalue weighted by molar-refractivity contribution is 6.05. The van der Waals surface area contributed by atoms with Crippen LogP contribution in [0.3, 0.4) is 0 Å². The quantitative estimate of drug-likeness (QED) is 0.699. The number of hydrogen-bond donors (Lipinski definition) is 2. The van der Waals surface area contributed by atoms with Crippen LogP contribution in [-0.2, 0) is 0 Å². The maximum Gasteiger partial charge on any atom is 0.255 e. The Labute approximate surface area is 161 Å². The van der Waals surface area contributed by atoms with Gasteiger partial charge in [-0.1, -0.05) is 32.0 Å². The molecule has 0 heterocycles. The Morgan fingerprint density at radius 2 is 1.52 bits per heavy atom. The average Bonchev–Trinajstić information content (AvgIpc) is 2.65. The molecule has 0 unspecified atom stereocenters. The van der Waals surface area contributed by atoms with Crippen LogP contribution in [0, 0.1) is 0 Å². The van der Waals surface area contributed by atoms with Gasteiger partial charge in [-0.2, -0.15) is 0 Å². The standard InChI is InChI=1S/C22H29N3O2/c1-16(2)19-8-5-6-9-20(19)24-22(27)18-12-10-17(11-13-18)21(26)23-14-7-15-25(3)4/h5-6,8-13,16H,7,14-15H2,1-4H3,(H,23,26)(H,24,27). The minimum absolute atomic E-state index is 0.120. The first-order valence-corrected chi connectivity index (χ1v) is 9.31. The van der Waals surface area contributed by atoms with Crippen molar-refractivity contribution in [1.82, 2.24) is 10.2 Å². The van der Waals surface area contributed by atoms with Gasteiger partial charge in [0.15, 0.2) is 0 Å². The van der Waals surface area contributed by atoms with Crippen LogP contribution in [0.5, 0.6) is 0 Å². The maximum atomic E-state index is 12.5. The van der Waals surface area contributed by atoms with Crippen LogP contribution < -0.4 is 10.6 Å². The van der Waals surface area contributed by atoms with E-state index in [-0.39, 0.29) is 11.8 Å². The van der Waals surface area contributed by atoms with Gasteiger partial charge in [0.2, 0.25) is 0 Å². The molecule has 2 aromatic rings. The molecule has 144 valence electrons. The van der Waals surface area contributed by atoms with Crippen molar-refractivity contribution in [2.24, 2.45) is 0 Å². The van der Waals surface area contributed by atoms with Gasteiger partial charge in [0, 0.05) is 23.4 Å². The molecule has 0 bridgehead atoms. The number of anilines is 1. The molecule has 5 heteroatoms. The topological polar surface area (TPSA) is 61.4 Å². The Bertz CT molecular complexity index is 767. The lowest BCUT2D eigenvalue weighted by Gasteiger charge is -2.14. The number of rotatable bonds is 8. The molecule has 5 nitrogen and oxygen atoms in total. The molecular formula is C22H29N3O2. The number of para-hydroxylation sites is 1. The van der Waals surface area contributed by atoms with Gasteiger partial charge in [0.05, 0.1) is 0 Å². The third kappa shape index (κ3) is 6.22. The van der Waals surface area contributed by atoms with Crippen molar-refractivity contribution in [2.45, 2.75) is 26.2 Å². The summed E-state index contributed by atoms with van der Waals surface area (Å²) >= 11 is 0. The van der Waals surface area contributed by atoms with E-state index in [0.29, 0.717) is 23.6 Å². The van der Waals surface area contributed by atoms with Crippen molar-refractivity contribution in [3.8, 4) is 0 Å². The van der Waals surface area contributed by atoms with Crippen LogP contribution in [0.4, 0.5) is 5.69 Å². The third-order valence-corrected chi connectivity index (χ3v) is 4.31. The molecule has 27 heavy (non-hydrogen) atoms. The van der Waals surface area contributed by atoms with Crippen molar-refractivity contribution in [2.75, 3.05) is 32.5 Å². The molecule has 2 N–H and O–H groups in total. The summed E-state index contributed by atoms with van der Waals surface area (Å²) in [6, 6.07) is 14.5. The lowest BCUT2D eigenvalue weighted by molar-refractivity contribution is 0.0950. The number of benzene rings is 2. The summed E-state index contributed by atoms with van der Waals surface area (Å²) in [5.41, 5.74) is 3.00. The summed E-state index contributed by atoms with van der Waals surface area (Å²) in [7, 11) is 4.01. The first kappa shape index (κ1) is 20.6. The second-order valence-electron chi connectivity index (χ2n) is 7.19. The van der Waals surface area contributed by atoms with Gasteiger partial charge in [-0.15, -0.1) is 0 Å². The molecule has 0 spiro atoms. The molecule has 0 aliphatic heterocycles. The molecule has 0 saturated carbocycles. The third-order valence-electron chi connectivity index (χ3n) is 4.31. The van der Waals surface area contributed by atoms with Gasteiger partial charge in [-0.3, -0.25) is 9.59 Å². The highest BCUT2D eigenvalue weighted by atomic mass is 16.2. The van der Waals surface area contributed by atoms with Crippen molar-refractivity contribution in [3.63, 3.8) is 0 Å². The van der Waals surface area contributed by atoms with E-state index < -0.39 is 0 Å². The maximum absolute atomic E-state index is 12.5. The summed E-state index contributed by atoms with van der Waals surface area (Å²) in [5, 5.41) is 5.86. The van der Waals surface area contributed by atoms with Gasteiger partial charge in [0.1, 0.15) is 0 Å². The van der Waals surface area contributed by atoms with Crippen LogP contribution in [0.25, 0.3) is 0 Å². The molecule has 0 radical (unpaired) electrons. The Balaban J connectivity index is 1.96. The molecule has 0 aliphatic rings. The van der Waals surface area contributed by atoms with E-state index in [1.807, 2.05) is 38.4 Å². The number of hydrogen-bond acceptors (Lipinski definition) is 3. The highest BCUT2D eigenvalue weighted by Gasteiger charge is 2.12. The number of nitrogens with one attached hydrogen (secondary N) is 2. The Morgan fingerprint density at radius 1 is 0.926 bits per heavy atom. The first-order valence-electron chi connectivity index (χ1n) is 9.31. The van der Waals surface area contributed by atoms with Crippen molar-refractivity contribution in [3.05, 3.63) is 65.2 Å². The second kappa shape index (κ2) is 9.88. The van der Waals surface area contributed by atoms with Crippen LogP contribution in [-0.4, -0.2) is 43.9 Å². The van der Waals surface area contributed by atoms with Gasteiger partial charge in [0.25, 0.3) is 11.8 Å². The van der Waals surface area contributed by atoms with E-state index in [1.54, 1.807) is 24.3 Å². The minimum atomic E-state index is -0.180. The summed E-state index contributed by atoms with van der Waals surface area (Å²) in [5.74, 6) is 0.0203. The van der Waals surface area contributed by atoms with Gasteiger partial charge in [-0.05, 0) is 68.9 Å². The van der Waals surface area contributed by atoms with E-state index >= 15 is 0 Å². The van der Waals surface area contributed by atoms with E-state index in [1.165, 1.54) is 0 Å². The molecule has 2 aromatic carbocycles. The fraction of sp³-hybridized carbons (Fsp3) is 0.364. The lowest BCUT2D eigenvalue weighted by atomic mass is 10.0. The fourth-order valence-corrected chi connectivity index (χ4v) is 2.78. The SMILES string of the molecule is CC(C)c1ccccc1NC(=O)c1ccc(C(=O)NCCCN(C)C)cc1. The van der Waals surface area contributed by atoms with Gasteiger partial charge >= 0.3 is 0 Å². The number of nitrogens with zero attached hydrogens (tertiary/aromatic N) is 1. The highest BCUT2D eigenvalue weighted by Crippen LogP contribution is 2.24. The van der Waals surface area contributed by atoms with Crippen molar-refractivity contribution in [1.29, 1.82) is 0 Å². The summed E-state index contributed by atoms with van der Waals surface area (Å²) in [4.78, 5) is 26.8. The van der Waals surface area contributed by atoms with E-state index in [0.717, 1.165) is 24.2 Å². The summed E-state index contributed by atoms with van der Waals surface area (Å²) in [6.45, 7) is 5.75. The molecule has 2 rings (SSSR count). The smallest absolute Gasteiger partial charge is 0.255 e. The number of amides is 2. The van der Waals surface area contributed by atoms with Crippen LogP contribution in [0.1, 0.15) is 52.5 Å². The van der Waals surface area contributed by atoms with Gasteiger partial charge in [-0.25, -0.2) is 0 Å². The molecule has 0 aliphatic carbocycles. The molecular weight excluding hydrogens is 338 g/mol. The molecule has 0 atom stereocenters. The van der Waals surface area contributed by atoms with E-state index in [9.17, 15) is 9.59 Å². The van der Waals surface area contributed by atoms with Crippen LogP contribution in [0.2, 0.25) is 0 Å². The number of carbonyl (C=O) groups is 2. The second-order valence-corrected chi connectivity index (χ2v) is 7.19. The predicted octanol–water partition coefficient (Wildman–Crippen LogP) is 3.74. The fourth-order valence-electron chi connectivity index (χ4n) is 2.78. The van der Waals surface area contributed by atoms with Crippen molar-refractivity contribution >= 4 is 17.5 Å². The zero-order chi connectivity index (χ0) is 19.8. The first-order chi connectivity index (χ1) is 12.9. The molecule has 0 aromatic heterocycles. The molecule has 0 saturated heterocycles. The van der Waals surface area contributed by atoms with Crippen LogP contribution >= 0.6 is 0 Å². The zero-order valence-corrected chi connectivity index (χ0v) is 16.6. The molecule has 2 amide bonds. The van der Waals surface area contributed by atoms with E-state index in [2.05, 4.69) is 29.4 Å². The zero-order valence-electron chi connectivity index (χ0n) is 16.6. The van der Waals surface area contributed by atoms with Gasteiger partial charge < -0.3 is 15.5 Å². The Kier molecular flexibility index (Phi) is 7.55. The summed E-state index contributed by atoms with van der Waals surface area (Å²) in [6.07, 6.45) is 0.897. The molecule has 0 fully saturated rings. The monoisotopic (exact) mass is 367 g/mol. The largest absolute Gasteiger partial charge is 0.352 e. The Morgan fingerprint density at radius 3 is 2.11 bits per heavy atom. The summed E-state index contributed by atoms with van der Waals surface area (Å²) < 4.78 is 0. The lowest BCUT2D eigenvalue weighted by Crippen LogP contribution is -2.27. The minimum Gasteiger partial charge on any atom is -0.352 e. The van der Waals surface area contributed by atoms with E-state index in [4.69, 9.17) is 0 Å². The normalized spacial score (nSPS) is 10.9. The Hall–Kier alpha value is -2.66.